The van der Waals surface area contributed by atoms with Crippen LogP contribution < -0.4 is 5.32 Å². The van der Waals surface area contributed by atoms with Crippen molar-refractivity contribution in [3.63, 3.8) is 0 Å². The Morgan fingerprint density at radius 1 is 1.20 bits per heavy atom. The number of aromatic amines is 1. The summed E-state index contributed by atoms with van der Waals surface area (Å²) in [6.07, 6.45) is 4.81. The molecule has 0 aromatic carbocycles. The molecule has 2 saturated heterocycles. The van der Waals surface area contributed by atoms with E-state index in [1.54, 1.807) is 4.90 Å². The summed E-state index contributed by atoms with van der Waals surface area (Å²) >= 11 is 0. The van der Waals surface area contributed by atoms with Gasteiger partial charge in [-0.1, -0.05) is 0 Å². The van der Waals surface area contributed by atoms with Crippen LogP contribution in [0.4, 0.5) is 23.7 Å². The maximum atomic E-state index is 12.9. The summed E-state index contributed by atoms with van der Waals surface area (Å²) in [4.78, 5) is 32.3. The van der Waals surface area contributed by atoms with E-state index in [-0.39, 0.29) is 29.0 Å². The number of pyridine rings is 1. The first-order valence-corrected chi connectivity index (χ1v) is 13.4. The molecule has 2 aliphatic heterocycles. The van der Waals surface area contributed by atoms with Crippen molar-refractivity contribution in [1.29, 1.82) is 5.26 Å². The molecule has 0 spiro atoms. The zero-order chi connectivity index (χ0) is 28.8. The molecular weight excluding hydrogens is 535 g/mol. The highest BCUT2D eigenvalue weighted by molar-refractivity contribution is 5.90. The van der Waals surface area contributed by atoms with Gasteiger partial charge in [0.1, 0.15) is 17.7 Å². The lowest BCUT2D eigenvalue weighted by molar-refractivity contribution is -0.141. The van der Waals surface area contributed by atoms with Crippen LogP contribution in [0.15, 0.2) is 49.2 Å². The van der Waals surface area contributed by atoms with Crippen LogP contribution in [0.3, 0.4) is 0 Å². The second-order valence-corrected chi connectivity index (χ2v) is 10.7. The standard InChI is InChI=1S/C28H28F3N9O/c1-18-22(2-3-23(36-18)28(29,30)31)37-26(41)38-11-6-20(7-12-38)39-15-27(16-39,8-9-32)40-13-5-19(14-40)24-21-4-10-33-25(21)35-17-34-24/h2-5,10,13-14,17,20H,6-8,11-12,15-16H2,1H3,(H,37,41)(H,33,34,35). The summed E-state index contributed by atoms with van der Waals surface area (Å²) in [5, 5.41) is 13.3. The minimum Gasteiger partial charge on any atom is -0.346 e. The van der Waals surface area contributed by atoms with Crippen LogP contribution >= 0.6 is 0 Å². The number of aromatic nitrogens is 5. The molecular formula is C28H28F3N9O. The molecule has 2 fully saturated rings. The Balaban J connectivity index is 1.07. The van der Waals surface area contributed by atoms with Crippen LogP contribution in [-0.2, 0) is 11.7 Å². The smallest absolute Gasteiger partial charge is 0.346 e. The first-order valence-electron chi connectivity index (χ1n) is 13.4. The van der Waals surface area contributed by atoms with Gasteiger partial charge in [-0.25, -0.2) is 19.7 Å². The largest absolute Gasteiger partial charge is 0.433 e. The van der Waals surface area contributed by atoms with E-state index < -0.39 is 11.9 Å². The molecule has 0 radical (unpaired) electrons. The number of alkyl halides is 3. The Hall–Kier alpha value is -4.44. The number of carbonyl (C=O) groups is 1. The second-order valence-electron chi connectivity index (χ2n) is 10.7. The molecule has 0 aliphatic carbocycles. The molecule has 6 heterocycles. The molecule has 0 unspecified atom stereocenters. The number of likely N-dealkylation sites (tertiary alicyclic amines) is 2. The number of anilines is 1. The molecule has 2 amide bonds. The lowest BCUT2D eigenvalue weighted by Gasteiger charge is -2.54. The Kier molecular flexibility index (Phi) is 6.65. The van der Waals surface area contributed by atoms with Gasteiger partial charge in [-0.2, -0.15) is 18.4 Å². The topological polar surface area (TPSA) is 119 Å². The first-order chi connectivity index (χ1) is 19.7. The van der Waals surface area contributed by atoms with Gasteiger partial charge in [-0.05, 0) is 44.0 Å². The van der Waals surface area contributed by atoms with Gasteiger partial charge in [-0.3, -0.25) is 4.90 Å². The molecule has 212 valence electrons. The molecule has 0 bridgehead atoms. The van der Waals surface area contributed by atoms with E-state index in [2.05, 4.69) is 47.0 Å². The van der Waals surface area contributed by atoms with Crippen LogP contribution in [0.5, 0.6) is 0 Å². The first kappa shape index (κ1) is 26.8. The predicted octanol–water partition coefficient (Wildman–Crippen LogP) is 4.77. The number of fused-ring (bicyclic) bond motifs is 1. The summed E-state index contributed by atoms with van der Waals surface area (Å²) in [7, 11) is 0. The summed E-state index contributed by atoms with van der Waals surface area (Å²) in [5.74, 6) is 0. The highest BCUT2D eigenvalue weighted by atomic mass is 19.4. The number of carbonyl (C=O) groups excluding carboxylic acids is 1. The van der Waals surface area contributed by atoms with Gasteiger partial charge in [0.25, 0.3) is 0 Å². The van der Waals surface area contributed by atoms with Crippen molar-refractivity contribution in [2.45, 2.75) is 43.9 Å². The molecule has 4 aromatic heterocycles. The molecule has 4 aromatic rings. The number of hydrogen-bond donors (Lipinski definition) is 2. The molecule has 41 heavy (non-hydrogen) atoms. The summed E-state index contributed by atoms with van der Waals surface area (Å²) in [5.41, 5.74) is 1.63. The van der Waals surface area contributed by atoms with Gasteiger partial charge in [-0.15, -0.1) is 0 Å². The molecule has 0 atom stereocenters. The minimum atomic E-state index is -4.54. The molecule has 10 nitrogen and oxygen atoms in total. The van der Waals surface area contributed by atoms with Crippen LogP contribution in [0.1, 0.15) is 30.7 Å². The van der Waals surface area contributed by atoms with E-state index in [1.165, 1.54) is 19.3 Å². The van der Waals surface area contributed by atoms with Crippen molar-refractivity contribution in [2.75, 3.05) is 31.5 Å². The number of H-pyrrole nitrogens is 1. The summed E-state index contributed by atoms with van der Waals surface area (Å²) in [6, 6.07) is 8.36. The predicted molar refractivity (Wildman–Crippen MR) is 145 cm³/mol. The second kappa shape index (κ2) is 10.2. The third kappa shape index (κ3) is 4.99. The molecule has 6 rings (SSSR count). The zero-order valence-electron chi connectivity index (χ0n) is 22.3. The monoisotopic (exact) mass is 563 g/mol. The maximum Gasteiger partial charge on any atom is 0.433 e. The van der Waals surface area contributed by atoms with E-state index in [4.69, 9.17) is 0 Å². The van der Waals surface area contributed by atoms with E-state index >= 15 is 0 Å². The highest BCUT2D eigenvalue weighted by Gasteiger charge is 2.47. The van der Waals surface area contributed by atoms with E-state index in [1.807, 2.05) is 24.5 Å². The third-order valence-electron chi connectivity index (χ3n) is 8.16. The lowest BCUT2D eigenvalue weighted by Crippen LogP contribution is -2.66. The van der Waals surface area contributed by atoms with Crippen LogP contribution in [-0.4, -0.2) is 72.6 Å². The van der Waals surface area contributed by atoms with Gasteiger partial charge in [0, 0.05) is 61.8 Å². The normalized spacial score (nSPS) is 17.8. The van der Waals surface area contributed by atoms with E-state index in [0.29, 0.717) is 19.5 Å². The van der Waals surface area contributed by atoms with Crippen molar-refractivity contribution < 1.29 is 18.0 Å². The molecule has 2 aliphatic rings. The van der Waals surface area contributed by atoms with Crippen LogP contribution in [0, 0.1) is 18.3 Å². The van der Waals surface area contributed by atoms with Gasteiger partial charge in [0.05, 0.1) is 35.1 Å². The average molecular weight is 564 g/mol. The fraction of sp³-hybridized carbons (Fsp3) is 0.393. The highest BCUT2D eigenvalue weighted by Crippen LogP contribution is 2.38. The molecule has 13 heteroatoms. The third-order valence-corrected chi connectivity index (χ3v) is 8.16. The minimum absolute atomic E-state index is 0.114. The SMILES string of the molecule is Cc1nc(C(F)(F)F)ccc1NC(=O)N1CCC(N2CC(CC#N)(n3ccc(-c4ncnc5[nH]ccc45)c3)C2)CC1. The van der Waals surface area contributed by atoms with Gasteiger partial charge >= 0.3 is 12.2 Å². The van der Waals surface area contributed by atoms with Gasteiger partial charge < -0.3 is 19.8 Å². The Labute approximate surface area is 233 Å². The fourth-order valence-corrected chi connectivity index (χ4v) is 5.89. The van der Waals surface area contributed by atoms with Gasteiger partial charge in [0.2, 0.25) is 0 Å². The Bertz CT molecular complexity index is 1620. The van der Waals surface area contributed by atoms with Crippen LogP contribution in [0.2, 0.25) is 0 Å². The number of halogens is 3. The Morgan fingerprint density at radius 3 is 2.68 bits per heavy atom. The number of piperidine rings is 1. The van der Waals surface area contributed by atoms with Crippen molar-refractivity contribution in [1.82, 2.24) is 34.3 Å². The number of amides is 2. The summed E-state index contributed by atoms with van der Waals surface area (Å²) in [6.45, 7) is 3.95. The van der Waals surface area contributed by atoms with Crippen molar-refractivity contribution >= 4 is 22.8 Å². The number of nitrogens with one attached hydrogen (secondary N) is 2. The number of nitriles is 1. The number of aryl methyl sites for hydroxylation is 1. The number of rotatable bonds is 5. The van der Waals surface area contributed by atoms with Crippen molar-refractivity contribution in [2.24, 2.45) is 0 Å². The van der Waals surface area contributed by atoms with Crippen molar-refractivity contribution in [3.8, 4) is 17.3 Å². The van der Waals surface area contributed by atoms with Crippen LogP contribution in [0.25, 0.3) is 22.3 Å². The average Bonchev–Trinajstić information content (AvgIpc) is 3.61. The van der Waals surface area contributed by atoms with E-state index in [9.17, 15) is 23.2 Å². The number of hydrogen-bond acceptors (Lipinski definition) is 6. The van der Waals surface area contributed by atoms with Crippen molar-refractivity contribution in [3.05, 3.63) is 60.6 Å². The molecule has 0 saturated carbocycles. The van der Waals surface area contributed by atoms with E-state index in [0.717, 1.165) is 54.3 Å². The zero-order valence-corrected chi connectivity index (χ0v) is 22.3. The van der Waals surface area contributed by atoms with Gasteiger partial charge in [0.15, 0.2) is 0 Å². The quantitative estimate of drug-likeness (QED) is 0.361. The Morgan fingerprint density at radius 2 is 1.98 bits per heavy atom. The molecule has 2 N–H and O–H groups in total. The fourth-order valence-electron chi connectivity index (χ4n) is 5.89. The number of urea groups is 1. The summed E-state index contributed by atoms with van der Waals surface area (Å²) < 4.78 is 40.8. The number of nitrogens with zero attached hydrogens (tertiary/aromatic N) is 7. The maximum absolute atomic E-state index is 12.9. The lowest BCUT2D eigenvalue weighted by atomic mass is 9.83.